The normalized spacial score (nSPS) is 10.0. The summed E-state index contributed by atoms with van der Waals surface area (Å²) in [5, 5.41) is 19.3. The van der Waals surface area contributed by atoms with Crippen LogP contribution in [-0.2, 0) is 21.1 Å². The van der Waals surface area contributed by atoms with E-state index in [0.29, 0.717) is 20.8 Å². The molecule has 0 atom stereocenters. The Morgan fingerprint density at radius 2 is 1.03 bits per heavy atom. The predicted molar refractivity (Wildman–Crippen MR) is 112 cm³/mol. The molecular formula is C20H14N2O4PtS2. The molecule has 0 aliphatic carbocycles. The maximum atomic E-state index is 10.7. The Labute approximate surface area is 191 Å². The number of para-hydroxylation sites is 2. The number of fused-ring (bicyclic) bond motifs is 2. The van der Waals surface area contributed by atoms with Crippen molar-refractivity contribution in [1.82, 2.24) is 9.97 Å². The minimum Gasteiger partial charge on any atom is -0.477 e. The number of pyridine rings is 2. The summed E-state index contributed by atoms with van der Waals surface area (Å²) < 4.78 is 0. The summed E-state index contributed by atoms with van der Waals surface area (Å²) >= 11 is 8.42. The number of carbonyl (C=O) groups is 2. The van der Waals surface area contributed by atoms with Crippen molar-refractivity contribution in [3.05, 3.63) is 72.1 Å². The van der Waals surface area contributed by atoms with E-state index in [2.05, 4.69) is 35.2 Å². The van der Waals surface area contributed by atoms with Gasteiger partial charge >= 0.3 is 11.9 Å². The smallest absolute Gasteiger partial charge is 0.354 e. The Bertz CT molecular complexity index is 1120. The molecule has 2 heterocycles. The van der Waals surface area contributed by atoms with Crippen LogP contribution in [-0.4, -0.2) is 32.1 Å². The van der Waals surface area contributed by atoms with Crippen LogP contribution in [0.4, 0.5) is 0 Å². The summed E-state index contributed by atoms with van der Waals surface area (Å²) in [6.45, 7) is 0. The summed E-state index contributed by atoms with van der Waals surface area (Å²) in [4.78, 5) is 30.7. The molecule has 0 fully saturated rings. The maximum Gasteiger partial charge on any atom is 0.354 e. The van der Waals surface area contributed by atoms with Crippen LogP contribution in [0.1, 0.15) is 21.0 Å². The van der Waals surface area contributed by atoms with Crippen LogP contribution < -0.4 is 0 Å². The Hall–Kier alpha value is -2.41. The van der Waals surface area contributed by atoms with Gasteiger partial charge in [0.2, 0.25) is 0 Å². The van der Waals surface area contributed by atoms with E-state index in [4.69, 9.17) is 10.2 Å². The fraction of sp³-hybridized carbons (Fsp3) is 0. The number of hydrogen-bond acceptors (Lipinski definition) is 6. The zero-order valence-electron chi connectivity index (χ0n) is 14.6. The summed E-state index contributed by atoms with van der Waals surface area (Å²) in [7, 11) is 0. The Balaban J connectivity index is 0.000000200. The number of carboxylic acids is 2. The zero-order chi connectivity index (χ0) is 20.3. The van der Waals surface area contributed by atoms with Gasteiger partial charge in [-0.2, -0.15) is 0 Å². The molecule has 0 aliphatic rings. The molecule has 9 heteroatoms. The topological polar surface area (TPSA) is 100 Å². The Morgan fingerprint density at radius 3 is 1.38 bits per heavy atom. The number of thiol groups is 2. The number of aromatic carboxylic acids is 2. The molecule has 2 aromatic carbocycles. The van der Waals surface area contributed by atoms with E-state index < -0.39 is 11.9 Å². The van der Waals surface area contributed by atoms with Gasteiger partial charge in [-0.3, -0.25) is 0 Å². The number of benzene rings is 2. The minimum absolute atomic E-state index is 0. The van der Waals surface area contributed by atoms with Gasteiger partial charge in [0.05, 0.1) is 11.0 Å². The Morgan fingerprint density at radius 1 is 0.655 bits per heavy atom. The standard InChI is InChI=1S/2C10H7NO2S.Pt/c2*12-10(13)7-5-4-6-2-1-3-8(14)9(6)11-7;/h2*1-5,14H,(H,12,13);. The van der Waals surface area contributed by atoms with Gasteiger partial charge in [-0.1, -0.05) is 36.4 Å². The SMILES string of the molecule is O=C(O)c1ccc2cccc(S)c2n1.O=C(O)c1ccc2cccc(S)c2n1.[Pt]. The molecule has 4 aromatic rings. The van der Waals surface area contributed by atoms with Crippen molar-refractivity contribution in [2.24, 2.45) is 0 Å². The monoisotopic (exact) mass is 605 g/mol. The molecule has 4 rings (SSSR count). The molecule has 0 amide bonds. The summed E-state index contributed by atoms with van der Waals surface area (Å²) in [5.41, 5.74) is 1.32. The molecule has 0 spiro atoms. The molecule has 0 saturated carbocycles. The second kappa shape index (κ2) is 9.87. The molecule has 0 bridgehead atoms. The van der Waals surface area contributed by atoms with Gasteiger partial charge in [0.25, 0.3) is 0 Å². The van der Waals surface area contributed by atoms with Gasteiger partial charge in [0.1, 0.15) is 11.4 Å². The van der Waals surface area contributed by atoms with Gasteiger partial charge in [-0.15, -0.1) is 25.3 Å². The maximum absolute atomic E-state index is 10.7. The van der Waals surface area contributed by atoms with E-state index in [0.717, 1.165) is 10.8 Å². The zero-order valence-corrected chi connectivity index (χ0v) is 18.7. The average Bonchev–Trinajstić information content (AvgIpc) is 2.68. The first-order valence-corrected chi connectivity index (χ1v) is 8.90. The molecule has 29 heavy (non-hydrogen) atoms. The van der Waals surface area contributed by atoms with Crippen LogP contribution in [0.15, 0.2) is 70.5 Å². The summed E-state index contributed by atoms with van der Waals surface area (Å²) in [5.74, 6) is -2.05. The fourth-order valence-electron chi connectivity index (χ4n) is 2.50. The molecular weight excluding hydrogens is 591 g/mol. The molecule has 0 unspecified atom stereocenters. The molecule has 6 nitrogen and oxygen atoms in total. The van der Waals surface area contributed by atoms with Crippen LogP contribution in [0, 0.1) is 0 Å². The third-order valence-corrected chi connectivity index (χ3v) is 4.56. The molecule has 0 aliphatic heterocycles. The largest absolute Gasteiger partial charge is 0.477 e. The van der Waals surface area contributed by atoms with Crippen molar-refractivity contribution in [2.45, 2.75) is 9.79 Å². The number of nitrogens with zero attached hydrogens (tertiary/aromatic N) is 2. The van der Waals surface area contributed by atoms with Gasteiger partial charge in [-0.25, -0.2) is 19.6 Å². The van der Waals surface area contributed by atoms with Crippen molar-refractivity contribution in [3.63, 3.8) is 0 Å². The summed E-state index contributed by atoms with van der Waals surface area (Å²) in [6, 6.07) is 17.4. The van der Waals surface area contributed by atoms with Crippen LogP contribution in [0.3, 0.4) is 0 Å². The van der Waals surface area contributed by atoms with Crippen molar-refractivity contribution >= 4 is 59.0 Å². The number of carboxylic acid groups (broad SMARTS) is 2. The molecule has 2 N–H and O–H groups in total. The Kier molecular flexibility index (Phi) is 7.79. The van der Waals surface area contributed by atoms with Gasteiger partial charge in [0.15, 0.2) is 0 Å². The number of hydrogen-bond donors (Lipinski definition) is 4. The van der Waals surface area contributed by atoms with Crippen LogP contribution >= 0.6 is 25.3 Å². The van der Waals surface area contributed by atoms with E-state index in [9.17, 15) is 9.59 Å². The molecule has 2 aromatic heterocycles. The van der Waals surface area contributed by atoms with Crippen molar-refractivity contribution < 1.29 is 40.9 Å². The number of rotatable bonds is 2. The number of aromatic nitrogens is 2. The minimum atomic E-state index is -1.02. The first kappa shape index (κ1) is 22.9. The molecule has 150 valence electrons. The van der Waals surface area contributed by atoms with Gasteiger partial charge < -0.3 is 10.2 Å². The third-order valence-electron chi connectivity index (χ3n) is 3.84. The first-order chi connectivity index (χ1) is 13.4. The van der Waals surface area contributed by atoms with Crippen molar-refractivity contribution in [3.8, 4) is 0 Å². The van der Waals surface area contributed by atoms with Crippen LogP contribution in [0.2, 0.25) is 0 Å². The molecule has 0 saturated heterocycles. The second-order valence-electron chi connectivity index (χ2n) is 5.70. The van der Waals surface area contributed by atoms with Crippen molar-refractivity contribution in [1.29, 1.82) is 0 Å². The van der Waals surface area contributed by atoms with E-state index in [1.165, 1.54) is 12.1 Å². The third kappa shape index (κ3) is 5.35. The van der Waals surface area contributed by atoms with Crippen LogP contribution in [0.5, 0.6) is 0 Å². The molecule has 0 radical (unpaired) electrons. The van der Waals surface area contributed by atoms with E-state index in [-0.39, 0.29) is 32.5 Å². The van der Waals surface area contributed by atoms with Crippen molar-refractivity contribution in [2.75, 3.05) is 0 Å². The fourth-order valence-corrected chi connectivity index (χ4v) is 3.03. The summed E-state index contributed by atoms with van der Waals surface area (Å²) in [6.07, 6.45) is 0. The van der Waals surface area contributed by atoms with Gasteiger partial charge in [0, 0.05) is 41.6 Å². The van der Waals surface area contributed by atoms with E-state index in [1.807, 2.05) is 24.3 Å². The predicted octanol–water partition coefficient (Wildman–Crippen LogP) is 4.44. The first-order valence-electron chi connectivity index (χ1n) is 8.01. The quantitative estimate of drug-likeness (QED) is 0.252. The second-order valence-corrected chi connectivity index (χ2v) is 6.66. The van der Waals surface area contributed by atoms with E-state index in [1.54, 1.807) is 24.3 Å². The average molecular weight is 606 g/mol. The van der Waals surface area contributed by atoms with Crippen LogP contribution in [0.25, 0.3) is 21.8 Å². The van der Waals surface area contributed by atoms with E-state index >= 15 is 0 Å². The van der Waals surface area contributed by atoms with Gasteiger partial charge in [-0.05, 0) is 24.3 Å².